The number of halogens is 3. The minimum Gasteiger partial charge on any atom is -0.355 e. The fraction of sp³-hybridized carbons (Fsp3) is 0.909. The van der Waals surface area contributed by atoms with Gasteiger partial charge in [-0.2, -0.15) is 13.2 Å². The molecule has 102 valence electrons. The van der Waals surface area contributed by atoms with Crippen LogP contribution in [-0.4, -0.2) is 30.7 Å². The van der Waals surface area contributed by atoms with Crippen LogP contribution in [0.4, 0.5) is 13.2 Å². The average molecular weight is 254 g/mol. The fourth-order valence-corrected chi connectivity index (χ4v) is 1.52. The predicted octanol–water partition coefficient (Wildman–Crippen LogP) is 2.22. The number of amides is 1. The summed E-state index contributed by atoms with van der Waals surface area (Å²) in [6.45, 7) is 5.85. The molecule has 0 heterocycles. The number of rotatable bonds is 7. The lowest BCUT2D eigenvalue weighted by Crippen LogP contribution is -2.45. The molecule has 0 aromatic rings. The van der Waals surface area contributed by atoms with Gasteiger partial charge in [0.25, 0.3) is 0 Å². The van der Waals surface area contributed by atoms with Gasteiger partial charge < -0.3 is 10.6 Å². The second-order valence-electron chi connectivity index (χ2n) is 4.19. The summed E-state index contributed by atoms with van der Waals surface area (Å²) in [7, 11) is 0. The summed E-state index contributed by atoms with van der Waals surface area (Å²) in [5, 5.41) is 5.62. The van der Waals surface area contributed by atoms with E-state index < -0.39 is 12.6 Å². The zero-order valence-electron chi connectivity index (χ0n) is 10.5. The molecule has 0 aromatic heterocycles. The first-order chi connectivity index (χ1) is 7.76. The van der Waals surface area contributed by atoms with Crippen LogP contribution < -0.4 is 10.6 Å². The van der Waals surface area contributed by atoms with E-state index in [9.17, 15) is 18.0 Å². The van der Waals surface area contributed by atoms with E-state index in [2.05, 4.69) is 10.6 Å². The average Bonchev–Trinajstić information content (AvgIpc) is 2.15. The van der Waals surface area contributed by atoms with Crippen molar-refractivity contribution in [1.29, 1.82) is 0 Å². The summed E-state index contributed by atoms with van der Waals surface area (Å²) in [5.74, 6) is -0.129. The predicted molar refractivity (Wildman–Crippen MR) is 60.6 cm³/mol. The summed E-state index contributed by atoms with van der Waals surface area (Å²) in [6, 6.07) is -0.481. The minimum absolute atomic E-state index is 0.0831. The molecule has 0 radical (unpaired) electrons. The molecular weight excluding hydrogens is 233 g/mol. The first-order valence-electron chi connectivity index (χ1n) is 5.86. The van der Waals surface area contributed by atoms with Crippen molar-refractivity contribution in [3.63, 3.8) is 0 Å². The third-order valence-electron chi connectivity index (χ3n) is 2.38. The molecule has 2 unspecified atom stereocenters. The first kappa shape index (κ1) is 16.2. The Hall–Kier alpha value is -0.780. The van der Waals surface area contributed by atoms with Crippen LogP contribution in [0.1, 0.15) is 40.0 Å². The van der Waals surface area contributed by atoms with Crippen molar-refractivity contribution >= 4 is 5.91 Å². The molecule has 17 heavy (non-hydrogen) atoms. The van der Waals surface area contributed by atoms with Crippen LogP contribution in [-0.2, 0) is 4.79 Å². The van der Waals surface area contributed by atoms with Gasteiger partial charge >= 0.3 is 6.18 Å². The van der Waals surface area contributed by atoms with Gasteiger partial charge in [0.2, 0.25) is 5.91 Å². The van der Waals surface area contributed by atoms with E-state index in [0.717, 1.165) is 0 Å². The van der Waals surface area contributed by atoms with Gasteiger partial charge in [0.15, 0.2) is 0 Å². The highest BCUT2D eigenvalue weighted by atomic mass is 19.4. The van der Waals surface area contributed by atoms with Gasteiger partial charge in [0, 0.05) is 19.0 Å². The standard InChI is InChI=1S/C11H21F3N2O/c1-4-15-10(17)9(3)16-8(2)6-5-7-11(12,13)14/h8-9,16H,4-7H2,1-3H3,(H,15,17). The molecule has 0 aliphatic rings. The number of hydrogen-bond donors (Lipinski definition) is 2. The second kappa shape index (κ2) is 7.53. The third kappa shape index (κ3) is 8.97. The molecule has 0 bridgehead atoms. The Labute approximate surface area is 100 Å². The maximum atomic E-state index is 11.9. The van der Waals surface area contributed by atoms with Crippen molar-refractivity contribution in [2.45, 2.75) is 58.3 Å². The van der Waals surface area contributed by atoms with Gasteiger partial charge in [-0.15, -0.1) is 0 Å². The van der Waals surface area contributed by atoms with E-state index in [-0.39, 0.29) is 24.4 Å². The van der Waals surface area contributed by atoms with Gasteiger partial charge in [-0.1, -0.05) is 0 Å². The second-order valence-corrected chi connectivity index (χ2v) is 4.19. The smallest absolute Gasteiger partial charge is 0.355 e. The van der Waals surface area contributed by atoms with Gasteiger partial charge in [-0.3, -0.25) is 4.79 Å². The molecule has 3 nitrogen and oxygen atoms in total. The highest BCUT2D eigenvalue weighted by molar-refractivity contribution is 5.81. The van der Waals surface area contributed by atoms with Crippen molar-refractivity contribution in [2.24, 2.45) is 0 Å². The first-order valence-corrected chi connectivity index (χ1v) is 5.86. The Kier molecular flexibility index (Phi) is 7.18. The molecule has 0 rings (SSSR count). The van der Waals surface area contributed by atoms with Crippen LogP contribution in [0.2, 0.25) is 0 Å². The number of carbonyl (C=O) groups is 1. The monoisotopic (exact) mass is 254 g/mol. The molecule has 1 amide bonds. The lowest BCUT2D eigenvalue weighted by molar-refractivity contribution is -0.136. The Bertz CT molecular complexity index is 231. The minimum atomic E-state index is -4.09. The zero-order valence-corrected chi connectivity index (χ0v) is 10.5. The van der Waals surface area contributed by atoms with Gasteiger partial charge in [0.05, 0.1) is 6.04 Å². The van der Waals surface area contributed by atoms with Crippen LogP contribution in [0.25, 0.3) is 0 Å². The van der Waals surface area contributed by atoms with Crippen LogP contribution >= 0.6 is 0 Å². The van der Waals surface area contributed by atoms with Crippen molar-refractivity contribution < 1.29 is 18.0 Å². The highest BCUT2D eigenvalue weighted by Gasteiger charge is 2.26. The summed E-state index contributed by atoms with van der Waals surface area (Å²) >= 11 is 0. The topological polar surface area (TPSA) is 41.1 Å². The quantitative estimate of drug-likeness (QED) is 0.731. The molecule has 0 fully saturated rings. The molecule has 2 N–H and O–H groups in total. The highest BCUT2D eigenvalue weighted by Crippen LogP contribution is 2.22. The third-order valence-corrected chi connectivity index (χ3v) is 2.38. The van der Waals surface area contributed by atoms with Crippen LogP contribution in [0, 0.1) is 0 Å². The number of alkyl halides is 3. The number of carbonyl (C=O) groups excluding carboxylic acids is 1. The molecule has 0 spiro atoms. The van der Waals surface area contributed by atoms with E-state index in [0.29, 0.717) is 13.0 Å². The molecule has 2 atom stereocenters. The Morgan fingerprint density at radius 1 is 1.29 bits per heavy atom. The SMILES string of the molecule is CCNC(=O)C(C)NC(C)CCCC(F)(F)F. The Morgan fingerprint density at radius 2 is 1.88 bits per heavy atom. The number of nitrogens with one attached hydrogen (secondary N) is 2. The van der Waals surface area contributed by atoms with Crippen LogP contribution in [0.3, 0.4) is 0 Å². The largest absolute Gasteiger partial charge is 0.389 e. The van der Waals surface area contributed by atoms with Crippen LogP contribution in [0.5, 0.6) is 0 Å². The van der Waals surface area contributed by atoms with Crippen LogP contribution in [0.15, 0.2) is 0 Å². The molecule has 0 aliphatic heterocycles. The van der Waals surface area contributed by atoms with E-state index in [1.165, 1.54) is 0 Å². The van der Waals surface area contributed by atoms with Gasteiger partial charge in [-0.25, -0.2) is 0 Å². The summed E-state index contributed by atoms with van der Waals surface area (Å²) in [6.07, 6.45) is -4.37. The lowest BCUT2D eigenvalue weighted by Gasteiger charge is -2.19. The summed E-state index contributed by atoms with van der Waals surface area (Å²) in [4.78, 5) is 11.4. The zero-order chi connectivity index (χ0) is 13.5. The molecular formula is C11H21F3N2O. The summed E-state index contributed by atoms with van der Waals surface area (Å²) < 4.78 is 35.7. The Morgan fingerprint density at radius 3 is 2.35 bits per heavy atom. The Balaban J connectivity index is 3.78. The fourth-order valence-electron chi connectivity index (χ4n) is 1.52. The van der Waals surface area contributed by atoms with E-state index >= 15 is 0 Å². The summed E-state index contributed by atoms with van der Waals surface area (Å²) in [5.41, 5.74) is 0. The van der Waals surface area contributed by atoms with Gasteiger partial charge in [0.1, 0.15) is 0 Å². The number of hydrogen-bond acceptors (Lipinski definition) is 2. The van der Waals surface area contributed by atoms with Gasteiger partial charge in [-0.05, 0) is 33.6 Å². The maximum absolute atomic E-state index is 11.9. The van der Waals surface area contributed by atoms with E-state index in [1.807, 2.05) is 6.92 Å². The van der Waals surface area contributed by atoms with Crippen molar-refractivity contribution in [3.05, 3.63) is 0 Å². The van der Waals surface area contributed by atoms with E-state index in [4.69, 9.17) is 0 Å². The molecule has 0 saturated heterocycles. The maximum Gasteiger partial charge on any atom is 0.389 e. The molecule has 6 heteroatoms. The molecule has 0 saturated carbocycles. The van der Waals surface area contributed by atoms with E-state index in [1.54, 1.807) is 13.8 Å². The number of likely N-dealkylation sites (N-methyl/N-ethyl adjacent to an activating group) is 1. The lowest BCUT2D eigenvalue weighted by atomic mass is 10.1. The molecule has 0 aliphatic carbocycles. The normalized spacial score (nSPS) is 15.4. The molecule has 0 aromatic carbocycles. The van der Waals surface area contributed by atoms with Crippen molar-refractivity contribution in [2.75, 3.05) is 6.54 Å². The van der Waals surface area contributed by atoms with Crippen molar-refractivity contribution in [3.8, 4) is 0 Å². The van der Waals surface area contributed by atoms with Crippen molar-refractivity contribution in [1.82, 2.24) is 10.6 Å².